The van der Waals surface area contributed by atoms with Crippen LogP contribution in [0.4, 0.5) is 0 Å². The molecule has 2 heterocycles. The highest BCUT2D eigenvalue weighted by Crippen LogP contribution is 2.35. The van der Waals surface area contributed by atoms with E-state index in [1.807, 2.05) is 0 Å². The summed E-state index contributed by atoms with van der Waals surface area (Å²) in [7, 11) is 1.42. The van der Waals surface area contributed by atoms with E-state index in [9.17, 15) is 19.5 Å². The van der Waals surface area contributed by atoms with Gasteiger partial charge in [-0.05, 0) is 26.0 Å². The molecule has 0 amide bonds. The lowest BCUT2D eigenvalue weighted by atomic mass is 9.87. The molecule has 0 saturated carbocycles. The number of methoxy groups -OCH3 is 1. The Labute approximate surface area is 166 Å². The average Bonchev–Trinajstić information content (AvgIpc) is 2.72. The number of aromatic amines is 1. The van der Waals surface area contributed by atoms with Gasteiger partial charge in [-0.25, -0.2) is 9.59 Å². The van der Waals surface area contributed by atoms with E-state index in [1.54, 1.807) is 44.2 Å². The molecular weight excluding hydrogens is 380 g/mol. The molecule has 0 radical (unpaired) electrons. The summed E-state index contributed by atoms with van der Waals surface area (Å²) in [6, 6.07) is 7.72. The van der Waals surface area contributed by atoms with E-state index >= 15 is 0 Å². The number of benzene rings is 1. The third-order valence-corrected chi connectivity index (χ3v) is 5.20. The summed E-state index contributed by atoms with van der Waals surface area (Å²) in [5.74, 6) is -0.605. The van der Waals surface area contributed by atoms with Crippen molar-refractivity contribution < 1.29 is 24.1 Å². The number of nitrogens with zero attached hydrogens (tertiary/aromatic N) is 1. The second-order valence-corrected chi connectivity index (χ2v) is 7.22. The molecule has 9 nitrogen and oxygen atoms in total. The first-order chi connectivity index (χ1) is 13.8. The number of esters is 1. The Kier molecular flexibility index (Phi) is 6.02. The number of nitrogens with one attached hydrogen (secondary N) is 1. The van der Waals surface area contributed by atoms with Crippen LogP contribution in [-0.4, -0.2) is 58.8 Å². The van der Waals surface area contributed by atoms with Gasteiger partial charge in [0.05, 0.1) is 24.8 Å². The van der Waals surface area contributed by atoms with Crippen molar-refractivity contribution in [3.05, 3.63) is 68.5 Å². The molecule has 1 fully saturated rings. The van der Waals surface area contributed by atoms with Crippen molar-refractivity contribution in [2.24, 2.45) is 0 Å². The molecule has 29 heavy (non-hydrogen) atoms. The number of hydrogen-bond donors (Lipinski definition) is 2. The standard InChI is InChI=1S/C20H24N2O7/c1-12-9-22(19(26)21-17(12)24)14-10-28-20(2,11-23)16(15(14)27-3)29-18(25)13-7-5-4-6-8-13/h4-9,14-16,23H,10-11H2,1-3H3,(H,21,24,26)/t14-,15+,16+,20-/m1/s1. The van der Waals surface area contributed by atoms with Crippen LogP contribution in [0, 0.1) is 6.92 Å². The number of aromatic nitrogens is 2. The van der Waals surface area contributed by atoms with Crippen LogP contribution < -0.4 is 11.2 Å². The van der Waals surface area contributed by atoms with Gasteiger partial charge in [-0.3, -0.25) is 14.3 Å². The Morgan fingerprint density at radius 1 is 1.34 bits per heavy atom. The number of ether oxygens (including phenoxy) is 3. The minimum Gasteiger partial charge on any atom is -0.453 e. The first-order valence-electron chi connectivity index (χ1n) is 9.16. The summed E-state index contributed by atoms with van der Waals surface area (Å²) in [4.78, 5) is 39.0. The van der Waals surface area contributed by atoms with Gasteiger partial charge in [-0.1, -0.05) is 18.2 Å². The molecule has 1 aromatic carbocycles. The number of aliphatic hydroxyl groups is 1. The Hall–Kier alpha value is -2.75. The van der Waals surface area contributed by atoms with Crippen molar-refractivity contribution in [2.75, 3.05) is 20.3 Å². The van der Waals surface area contributed by atoms with Crippen LogP contribution in [0.2, 0.25) is 0 Å². The van der Waals surface area contributed by atoms with Gasteiger partial charge < -0.3 is 19.3 Å². The predicted octanol–water partition coefficient (Wildman–Crippen LogP) is 0.408. The average molecular weight is 404 g/mol. The van der Waals surface area contributed by atoms with Gasteiger partial charge in [0, 0.05) is 18.9 Å². The maximum atomic E-state index is 12.7. The minimum atomic E-state index is -1.23. The molecule has 9 heteroatoms. The molecule has 4 atom stereocenters. The van der Waals surface area contributed by atoms with E-state index in [0.29, 0.717) is 11.1 Å². The lowest BCUT2D eigenvalue weighted by Gasteiger charge is -2.47. The summed E-state index contributed by atoms with van der Waals surface area (Å²) in [5, 5.41) is 9.92. The van der Waals surface area contributed by atoms with Gasteiger partial charge >= 0.3 is 11.7 Å². The monoisotopic (exact) mass is 404 g/mol. The summed E-state index contributed by atoms with van der Waals surface area (Å²) >= 11 is 0. The van der Waals surface area contributed by atoms with Crippen molar-refractivity contribution in [3.8, 4) is 0 Å². The lowest BCUT2D eigenvalue weighted by Crippen LogP contribution is -2.62. The number of hydrogen-bond acceptors (Lipinski definition) is 7. The molecule has 1 aliphatic heterocycles. The Bertz CT molecular complexity index is 984. The topological polar surface area (TPSA) is 120 Å². The van der Waals surface area contributed by atoms with Crippen LogP contribution in [0.3, 0.4) is 0 Å². The number of carbonyl (C=O) groups excluding carboxylic acids is 1. The van der Waals surface area contributed by atoms with Gasteiger partial charge in [0.25, 0.3) is 5.56 Å². The van der Waals surface area contributed by atoms with Gasteiger partial charge in [0.15, 0.2) is 6.10 Å². The van der Waals surface area contributed by atoms with Crippen LogP contribution in [0.25, 0.3) is 0 Å². The highest BCUT2D eigenvalue weighted by molar-refractivity contribution is 5.89. The molecule has 1 aliphatic rings. The van der Waals surface area contributed by atoms with Crippen molar-refractivity contribution >= 4 is 5.97 Å². The molecule has 0 unspecified atom stereocenters. The van der Waals surface area contributed by atoms with Crippen LogP contribution >= 0.6 is 0 Å². The van der Waals surface area contributed by atoms with Crippen LogP contribution in [0.1, 0.15) is 28.9 Å². The summed E-state index contributed by atoms with van der Waals surface area (Å²) < 4.78 is 18.4. The first-order valence-corrected chi connectivity index (χ1v) is 9.16. The molecule has 0 spiro atoms. The second-order valence-electron chi connectivity index (χ2n) is 7.22. The predicted molar refractivity (Wildman–Crippen MR) is 103 cm³/mol. The lowest BCUT2D eigenvalue weighted by molar-refractivity contribution is -0.227. The van der Waals surface area contributed by atoms with Crippen molar-refractivity contribution in [2.45, 2.75) is 37.7 Å². The summed E-state index contributed by atoms with van der Waals surface area (Å²) in [6.45, 7) is 2.77. The van der Waals surface area contributed by atoms with Crippen LogP contribution in [-0.2, 0) is 14.2 Å². The van der Waals surface area contributed by atoms with Gasteiger partial charge in [-0.15, -0.1) is 0 Å². The smallest absolute Gasteiger partial charge is 0.338 e. The van der Waals surface area contributed by atoms with Crippen molar-refractivity contribution in [1.82, 2.24) is 9.55 Å². The van der Waals surface area contributed by atoms with Crippen molar-refractivity contribution in [1.29, 1.82) is 0 Å². The first kappa shape index (κ1) is 21.0. The Morgan fingerprint density at radius 2 is 2.03 bits per heavy atom. The Balaban J connectivity index is 1.99. The maximum Gasteiger partial charge on any atom is 0.338 e. The molecule has 1 aromatic heterocycles. The third-order valence-electron chi connectivity index (χ3n) is 5.20. The molecular formula is C20H24N2O7. The number of aryl methyl sites for hydroxylation is 1. The molecule has 0 aliphatic carbocycles. The van der Waals surface area contributed by atoms with E-state index in [1.165, 1.54) is 17.9 Å². The summed E-state index contributed by atoms with van der Waals surface area (Å²) in [5.41, 5.74) is -1.67. The quantitative estimate of drug-likeness (QED) is 0.693. The zero-order valence-electron chi connectivity index (χ0n) is 16.5. The Morgan fingerprint density at radius 3 is 2.66 bits per heavy atom. The fourth-order valence-corrected chi connectivity index (χ4v) is 3.44. The van der Waals surface area contributed by atoms with Gasteiger partial charge in [0.2, 0.25) is 0 Å². The highest BCUT2D eigenvalue weighted by Gasteiger charge is 2.51. The van der Waals surface area contributed by atoms with E-state index in [0.717, 1.165) is 0 Å². The number of rotatable bonds is 5. The van der Waals surface area contributed by atoms with E-state index in [4.69, 9.17) is 14.2 Å². The SMILES string of the molecule is CO[C@H]1[C@H](n2cc(C)c(=O)[nH]c2=O)CO[C@](C)(CO)[C@H]1OC(=O)c1ccccc1. The second kappa shape index (κ2) is 8.32. The fraction of sp³-hybridized carbons (Fsp3) is 0.450. The zero-order valence-corrected chi connectivity index (χ0v) is 16.5. The highest BCUT2D eigenvalue weighted by atomic mass is 16.6. The zero-order chi connectivity index (χ0) is 21.2. The van der Waals surface area contributed by atoms with E-state index in [-0.39, 0.29) is 6.61 Å². The number of carbonyl (C=O) groups is 1. The largest absolute Gasteiger partial charge is 0.453 e. The number of aliphatic hydroxyl groups excluding tert-OH is 1. The van der Waals surface area contributed by atoms with Gasteiger partial charge in [-0.2, -0.15) is 0 Å². The van der Waals surface area contributed by atoms with Gasteiger partial charge in [0.1, 0.15) is 11.7 Å². The minimum absolute atomic E-state index is 0.0142. The van der Waals surface area contributed by atoms with Crippen LogP contribution in [0.5, 0.6) is 0 Å². The maximum absolute atomic E-state index is 12.7. The molecule has 2 aromatic rings. The third kappa shape index (κ3) is 4.02. The van der Waals surface area contributed by atoms with Crippen molar-refractivity contribution in [3.63, 3.8) is 0 Å². The summed E-state index contributed by atoms with van der Waals surface area (Å²) in [6.07, 6.45) is -0.404. The van der Waals surface area contributed by atoms with E-state index < -0.39 is 47.7 Å². The van der Waals surface area contributed by atoms with Crippen LogP contribution in [0.15, 0.2) is 46.1 Å². The fourth-order valence-electron chi connectivity index (χ4n) is 3.44. The number of H-pyrrole nitrogens is 1. The molecule has 3 rings (SSSR count). The van der Waals surface area contributed by atoms with E-state index in [2.05, 4.69) is 4.98 Å². The normalized spacial score (nSPS) is 26.8. The molecule has 2 N–H and O–H groups in total. The molecule has 0 bridgehead atoms. The molecule has 1 saturated heterocycles. The molecule has 156 valence electrons.